The van der Waals surface area contributed by atoms with E-state index in [0.29, 0.717) is 0 Å². The van der Waals surface area contributed by atoms with Gasteiger partial charge in [-0.05, 0) is 12.8 Å². The fourth-order valence-corrected chi connectivity index (χ4v) is 3.09. The minimum atomic E-state index is -3.93. The van der Waals surface area contributed by atoms with Crippen molar-refractivity contribution in [3.8, 4) is 0 Å². The monoisotopic (exact) mass is 332 g/mol. The fraction of sp³-hybridized carbons (Fsp3) is 0.889. The highest BCUT2D eigenvalue weighted by atomic mass is 31.2. The van der Waals surface area contributed by atoms with Gasteiger partial charge in [-0.1, -0.05) is 96.5 Å². The van der Waals surface area contributed by atoms with Crippen LogP contribution < -0.4 is 0 Å². The first kappa shape index (κ1) is 21.9. The molecule has 0 aromatic heterocycles. The molecular formula is C18H37O3P. The van der Waals surface area contributed by atoms with Crippen molar-refractivity contribution in [1.82, 2.24) is 0 Å². The molecule has 2 N–H and O–H groups in total. The molecule has 0 saturated heterocycles. The third kappa shape index (κ3) is 19.9. The summed E-state index contributed by atoms with van der Waals surface area (Å²) in [7, 11) is -3.93. The number of allylic oxidation sites excluding steroid dienone is 1. The van der Waals surface area contributed by atoms with Crippen LogP contribution in [-0.4, -0.2) is 9.79 Å². The van der Waals surface area contributed by atoms with E-state index in [1.807, 2.05) is 0 Å². The van der Waals surface area contributed by atoms with Crippen LogP contribution >= 0.6 is 7.60 Å². The first-order chi connectivity index (χ1) is 10.6. The molecule has 0 rings (SSSR count). The number of unbranched alkanes of at least 4 members (excludes halogenated alkanes) is 14. The van der Waals surface area contributed by atoms with E-state index in [0.717, 1.165) is 18.7 Å². The van der Waals surface area contributed by atoms with Crippen LogP contribution in [0.4, 0.5) is 0 Å². The van der Waals surface area contributed by atoms with Crippen LogP contribution in [0.25, 0.3) is 0 Å². The van der Waals surface area contributed by atoms with Crippen LogP contribution in [0.3, 0.4) is 0 Å². The Morgan fingerprint density at radius 2 is 1.05 bits per heavy atom. The molecule has 0 amide bonds. The lowest BCUT2D eigenvalue weighted by Gasteiger charge is -2.02. The maximum atomic E-state index is 10.6. The molecule has 0 radical (unpaired) electrons. The molecule has 0 aliphatic rings. The van der Waals surface area contributed by atoms with Crippen molar-refractivity contribution in [2.75, 3.05) is 0 Å². The molecule has 4 heteroatoms. The Morgan fingerprint density at radius 3 is 1.41 bits per heavy atom. The van der Waals surface area contributed by atoms with E-state index in [4.69, 9.17) is 9.79 Å². The maximum Gasteiger partial charge on any atom is 0.348 e. The highest BCUT2D eigenvalue weighted by molar-refractivity contribution is 7.55. The van der Waals surface area contributed by atoms with Crippen molar-refractivity contribution < 1.29 is 14.4 Å². The Labute approximate surface area is 137 Å². The molecule has 0 heterocycles. The van der Waals surface area contributed by atoms with Gasteiger partial charge in [0.1, 0.15) is 0 Å². The van der Waals surface area contributed by atoms with Crippen molar-refractivity contribution in [1.29, 1.82) is 0 Å². The second kappa shape index (κ2) is 15.8. The van der Waals surface area contributed by atoms with E-state index in [2.05, 4.69) is 6.92 Å². The molecule has 0 atom stereocenters. The molecule has 0 aliphatic heterocycles. The van der Waals surface area contributed by atoms with Crippen LogP contribution in [0.2, 0.25) is 0 Å². The van der Waals surface area contributed by atoms with E-state index in [9.17, 15) is 4.57 Å². The quantitative estimate of drug-likeness (QED) is 0.249. The number of hydrogen-bond donors (Lipinski definition) is 2. The van der Waals surface area contributed by atoms with Gasteiger partial charge < -0.3 is 9.79 Å². The summed E-state index contributed by atoms with van der Waals surface area (Å²) in [5.41, 5.74) is 0. The van der Waals surface area contributed by atoms with Crippen molar-refractivity contribution in [2.24, 2.45) is 0 Å². The molecule has 0 unspecified atom stereocenters. The van der Waals surface area contributed by atoms with Gasteiger partial charge in [0.25, 0.3) is 0 Å². The molecular weight excluding hydrogens is 295 g/mol. The van der Waals surface area contributed by atoms with Gasteiger partial charge in [0, 0.05) is 5.82 Å². The summed E-state index contributed by atoms with van der Waals surface area (Å²) in [4.78, 5) is 17.3. The largest absolute Gasteiger partial charge is 0.348 e. The Bertz CT molecular complexity index is 297. The molecule has 0 spiro atoms. The van der Waals surface area contributed by atoms with Gasteiger partial charge in [0.15, 0.2) is 0 Å². The Kier molecular flexibility index (Phi) is 15.7. The van der Waals surface area contributed by atoms with Crippen molar-refractivity contribution in [2.45, 2.75) is 103 Å². The zero-order chi connectivity index (χ0) is 16.5. The summed E-state index contributed by atoms with van der Waals surface area (Å²) in [6, 6.07) is 0. The average molecular weight is 332 g/mol. The Morgan fingerprint density at radius 1 is 0.682 bits per heavy atom. The smallest absolute Gasteiger partial charge is 0.321 e. The molecule has 0 fully saturated rings. The lowest BCUT2D eigenvalue weighted by atomic mass is 10.0. The van der Waals surface area contributed by atoms with E-state index < -0.39 is 7.60 Å². The molecule has 0 aliphatic carbocycles. The zero-order valence-electron chi connectivity index (χ0n) is 14.5. The molecule has 3 nitrogen and oxygen atoms in total. The van der Waals surface area contributed by atoms with Crippen LogP contribution in [-0.2, 0) is 4.57 Å². The second-order valence-electron chi connectivity index (χ2n) is 6.36. The van der Waals surface area contributed by atoms with Crippen LogP contribution in [0.15, 0.2) is 11.9 Å². The molecule has 22 heavy (non-hydrogen) atoms. The third-order valence-corrected chi connectivity index (χ3v) is 4.62. The molecule has 0 bridgehead atoms. The van der Waals surface area contributed by atoms with Gasteiger partial charge in [-0.15, -0.1) is 0 Å². The van der Waals surface area contributed by atoms with E-state index in [1.165, 1.54) is 83.5 Å². The fourth-order valence-electron chi connectivity index (χ4n) is 2.67. The van der Waals surface area contributed by atoms with E-state index in [1.54, 1.807) is 6.08 Å². The summed E-state index contributed by atoms with van der Waals surface area (Å²) in [6.45, 7) is 2.26. The van der Waals surface area contributed by atoms with Crippen molar-refractivity contribution in [3.05, 3.63) is 11.9 Å². The standard InChI is InChI=1S/C18H37O3P/c1-2-3-4-5-6-7-8-9-10-11-12-13-14-15-16-17-18-22(19,20)21/h17-18H,2-16H2,1H3,(H2,19,20,21). The minimum absolute atomic E-state index is 0.781. The number of rotatable bonds is 16. The summed E-state index contributed by atoms with van der Waals surface area (Å²) in [5, 5.41) is 0. The van der Waals surface area contributed by atoms with Gasteiger partial charge in [0.05, 0.1) is 0 Å². The first-order valence-corrected chi connectivity index (χ1v) is 11.0. The predicted octanol–water partition coefficient (Wildman–Crippen LogP) is 6.55. The van der Waals surface area contributed by atoms with Crippen LogP contribution in [0.5, 0.6) is 0 Å². The van der Waals surface area contributed by atoms with Crippen molar-refractivity contribution >= 4 is 7.60 Å². The average Bonchev–Trinajstić information content (AvgIpc) is 2.45. The predicted molar refractivity (Wildman–Crippen MR) is 96.1 cm³/mol. The minimum Gasteiger partial charge on any atom is -0.321 e. The van der Waals surface area contributed by atoms with E-state index >= 15 is 0 Å². The highest BCUT2D eigenvalue weighted by Gasteiger charge is 2.04. The first-order valence-electron chi connectivity index (χ1n) is 9.29. The third-order valence-electron chi connectivity index (χ3n) is 4.02. The van der Waals surface area contributed by atoms with Gasteiger partial charge in [-0.25, -0.2) is 0 Å². The van der Waals surface area contributed by atoms with Gasteiger partial charge in [0.2, 0.25) is 0 Å². The summed E-state index contributed by atoms with van der Waals surface area (Å²) in [6.07, 6.45) is 21.1. The molecule has 132 valence electrons. The summed E-state index contributed by atoms with van der Waals surface area (Å²) >= 11 is 0. The normalized spacial score (nSPS) is 12.3. The Hall–Kier alpha value is -0.110. The molecule has 0 saturated carbocycles. The Balaban J connectivity index is 3.09. The van der Waals surface area contributed by atoms with Gasteiger partial charge in [-0.2, -0.15) is 0 Å². The topological polar surface area (TPSA) is 57.5 Å². The van der Waals surface area contributed by atoms with Crippen molar-refractivity contribution in [3.63, 3.8) is 0 Å². The lowest BCUT2D eigenvalue weighted by molar-refractivity contribution is 0.386. The summed E-state index contributed by atoms with van der Waals surface area (Å²) in [5.74, 6) is 1.02. The molecule has 0 aromatic rings. The second-order valence-corrected chi connectivity index (χ2v) is 7.84. The SMILES string of the molecule is CCCCCCCCCCCCCCCCC=CP(=O)(O)O. The van der Waals surface area contributed by atoms with Gasteiger partial charge >= 0.3 is 7.60 Å². The molecule has 0 aromatic carbocycles. The lowest BCUT2D eigenvalue weighted by Crippen LogP contribution is -1.83. The number of hydrogen-bond acceptors (Lipinski definition) is 1. The van der Waals surface area contributed by atoms with Crippen LogP contribution in [0, 0.1) is 0 Å². The van der Waals surface area contributed by atoms with Gasteiger partial charge in [-0.3, -0.25) is 4.57 Å². The van der Waals surface area contributed by atoms with E-state index in [-0.39, 0.29) is 0 Å². The highest BCUT2D eigenvalue weighted by Crippen LogP contribution is 2.36. The summed E-state index contributed by atoms with van der Waals surface area (Å²) < 4.78 is 10.6. The van der Waals surface area contributed by atoms with Crippen LogP contribution in [0.1, 0.15) is 103 Å². The zero-order valence-corrected chi connectivity index (χ0v) is 15.4. The maximum absolute atomic E-state index is 10.6.